The molecule has 0 spiro atoms. The summed E-state index contributed by atoms with van der Waals surface area (Å²) in [6.07, 6.45) is 2.44. The molecule has 2 aromatic heterocycles. The molecule has 0 bridgehead atoms. The third-order valence-corrected chi connectivity index (χ3v) is 4.24. The predicted octanol–water partition coefficient (Wildman–Crippen LogP) is 3.21. The molecule has 0 aliphatic carbocycles. The summed E-state index contributed by atoms with van der Waals surface area (Å²) in [5.41, 5.74) is 1.83. The van der Waals surface area contributed by atoms with Gasteiger partial charge in [0.25, 0.3) is 5.91 Å². The van der Waals surface area contributed by atoms with Crippen molar-refractivity contribution in [2.24, 2.45) is 0 Å². The fraction of sp³-hybridized carbons (Fsp3) is 0.579. The van der Waals surface area contributed by atoms with Crippen LogP contribution in [-0.2, 0) is 9.53 Å². The van der Waals surface area contributed by atoms with Crippen molar-refractivity contribution in [3.8, 4) is 0 Å². The van der Waals surface area contributed by atoms with Gasteiger partial charge in [-0.3, -0.25) is 4.79 Å². The quantitative estimate of drug-likeness (QED) is 0.766. The van der Waals surface area contributed by atoms with Gasteiger partial charge < -0.3 is 10.1 Å². The van der Waals surface area contributed by atoms with Gasteiger partial charge in [-0.05, 0) is 39.2 Å². The van der Waals surface area contributed by atoms with Crippen LogP contribution < -0.4 is 5.32 Å². The van der Waals surface area contributed by atoms with Crippen LogP contribution in [0.2, 0.25) is 0 Å². The Morgan fingerprint density at radius 2 is 1.92 bits per heavy atom. The highest BCUT2D eigenvalue weighted by molar-refractivity contribution is 6.03. The standard InChI is InChI=1S/C19H28N4O3/c1-7-13(6)21-17(24)10-26-19(25)14-8-16(11(2)3)22-18-15(14)9-20-23(18)12(4)5/h8-9,11-13H,7,10H2,1-6H3,(H,21,24)/t13-/m0/s1. The van der Waals surface area contributed by atoms with Gasteiger partial charge in [-0.1, -0.05) is 20.8 Å². The van der Waals surface area contributed by atoms with Crippen molar-refractivity contribution in [2.45, 2.75) is 66.0 Å². The Hall–Kier alpha value is -2.44. The zero-order chi connectivity index (χ0) is 19.4. The van der Waals surface area contributed by atoms with Crippen molar-refractivity contribution in [2.75, 3.05) is 6.61 Å². The molecule has 0 aromatic carbocycles. The van der Waals surface area contributed by atoms with Crippen LogP contribution in [0, 0.1) is 0 Å². The van der Waals surface area contributed by atoms with Gasteiger partial charge in [0.05, 0.1) is 17.1 Å². The number of nitrogens with zero attached hydrogens (tertiary/aromatic N) is 3. The van der Waals surface area contributed by atoms with Gasteiger partial charge in [-0.15, -0.1) is 0 Å². The van der Waals surface area contributed by atoms with Crippen LogP contribution in [0.15, 0.2) is 12.3 Å². The molecule has 2 rings (SSSR count). The molecule has 2 heterocycles. The Labute approximate surface area is 154 Å². The number of ether oxygens (including phenoxy) is 1. The van der Waals surface area contributed by atoms with Gasteiger partial charge in [0, 0.05) is 17.8 Å². The van der Waals surface area contributed by atoms with E-state index in [2.05, 4.69) is 15.4 Å². The second kappa shape index (κ2) is 8.29. The van der Waals surface area contributed by atoms with Gasteiger partial charge in [-0.25, -0.2) is 14.5 Å². The summed E-state index contributed by atoms with van der Waals surface area (Å²) >= 11 is 0. The topological polar surface area (TPSA) is 86.1 Å². The van der Waals surface area contributed by atoms with Crippen molar-refractivity contribution < 1.29 is 14.3 Å². The molecule has 0 radical (unpaired) electrons. The molecule has 1 amide bonds. The summed E-state index contributed by atoms with van der Waals surface area (Å²) in [6.45, 7) is 11.6. The minimum absolute atomic E-state index is 0.0469. The van der Waals surface area contributed by atoms with Crippen LogP contribution in [0.5, 0.6) is 0 Å². The van der Waals surface area contributed by atoms with Crippen molar-refractivity contribution >= 4 is 22.9 Å². The first-order chi connectivity index (χ1) is 12.2. The normalized spacial score (nSPS) is 12.6. The van der Waals surface area contributed by atoms with Crippen molar-refractivity contribution in [1.29, 1.82) is 0 Å². The Morgan fingerprint density at radius 1 is 1.23 bits per heavy atom. The lowest BCUT2D eigenvalue weighted by molar-refractivity contribution is -0.124. The Kier molecular flexibility index (Phi) is 6.34. The highest BCUT2D eigenvalue weighted by Crippen LogP contribution is 2.24. The Morgan fingerprint density at radius 3 is 2.50 bits per heavy atom. The molecule has 0 saturated heterocycles. The van der Waals surface area contributed by atoms with Crippen LogP contribution in [0.4, 0.5) is 0 Å². The van der Waals surface area contributed by atoms with Crippen LogP contribution in [0.3, 0.4) is 0 Å². The fourth-order valence-electron chi connectivity index (χ4n) is 2.51. The molecule has 0 unspecified atom stereocenters. The molecule has 0 aliphatic rings. The SMILES string of the molecule is CC[C@H](C)NC(=O)COC(=O)c1cc(C(C)C)nc2c1cnn2C(C)C. The maximum absolute atomic E-state index is 12.6. The molecule has 7 heteroatoms. The number of hydrogen-bond donors (Lipinski definition) is 1. The number of pyridine rings is 1. The third kappa shape index (κ3) is 4.39. The second-order valence-electron chi connectivity index (χ2n) is 7.12. The van der Waals surface area contributed by atoms with Gasteiger partial charge in [0.2, 0.25) is 0 Å². The first kappa shape index (κ1) is 19.9. The average molecular weight is 360 g/mol. The van der Waals surface area contributed by atoms with E-state index in [1.165, 1.54) is 0 Å². The number of fused-ring (bicyclic) bond motifs is 1. The molecule has 0 saturated carbocycles. The summed E-state index contributed by atoms with van der Waals surface area (Å²) in [7, 11) is 0. The maximum Gasteiger partial charge on any atom is 0.339 e. The first-order valence-electron chi connectivity index (χ1n) is 9.09. The molecular formula is C19H28N4O3. The van der Waals surface area contributed by atoms with Crippen LogP contribution in [0.1, 0.15) is 76.0 Å². The zero-order valence-electron chi connectivity index (χ0n) is 16.4. The number of hydrogen-bond acceptors (Lipinski definition) is 5. The van der Waals surface area contributed by atoms with Gasteiger partial charge in [0.15, 0.2) is 12.3 Å². The third-order valence-electron chi connectivity index (χ3n) is 4.24. The molecule has 2 aromatic rings. The molecule has 142 valence electrons. The van der Waals surface area contributed by atoms with E-state index in [-0.39, 0.29) is 30.5 Å². The average Bonchev–Trinajstić information content (AvgIpc) is 3.02. The summed E-state index contributed by atoms with van der Waals surface area (Å²) in [5.74, 6) is -0.697. The number of nitrogens with one attached hydrogen (secondary N) is 1. The number of amides is 1. The fourth-order valence-corrected chi connectivity index (χ4v) is 2.51. The van der Waals surface area contributed by atoms with Gasteiger partial charge >= 0.3 is 5.97 Å². The van der Waals surface area contributed by atoms with E-state index in [1.54, 1.807) is 16.9 Å². The van der Waals surface area contributed by atoms with E-state index in [1.807, 2.05) is 41.5 Å². The summed E-state index contributed by atoms with van der Waals surface area (Å²) in [4.78, 5) is 29.1. The van der Waals surface area contributed by atoms with E-state index in [0.717, 1.165) is 12.1 Å². The number of aromatic nitrogens is 3. The highest BCUT2D eigenvalue weighted by Gasteiger charge is 2.20. The predicted molar refractivity (Wildman–Crippen MR) is 100 cm³/mol. The lowest BCUT2D eigenvalue weighted by Gasteiger charge is -2.13. The smallest absolute Gasteiger partial charge is 0.339 e. The highest BCUT2D eigenvalue weighted by atomic mass is 16.5. The number of carbonyl (C=O) groups is 2. The van der Waals surface area contributed by atoms with Gasteiger partial charge in [0.1, 0.15) is 0 Å². The minimum Gasteiger partial charge on any atom is -0.452 e. The Bertz CT molecular complexity index is 795. The molecule has 1 atom stereocenters. The van der Waals surface area contributed by atoms with E-state index in [0.29, 0.717) is 16.6 Å². The zero-order valence-corrected chi connectivity index (χ0v) is 16.4. The van der Waals surface area contributed by atoms with E-state index in [9.17, 15) is 9.59 Å². The molecule has 26 heavy (non-hydrogen) atoms. The van der Waals surface area contributed by atoms with Crippen LogP contribution >= 0.6 is 0 Å². The lowest BCUT2D eigenvalue weighted by Crippen LogP contribution is -2.35. The maximum atomic E-state index is 12.6. The molecule has 0 aliphatic heterocycles. The van der Waals surface area contributed by atoms with Crippen molar-refractivity contribution in [3.63, 3.8) is 0 Å². The van der Waals surface area contributed by atoms with Crippen LogP contribution in [0.25, 0.3) is 11.0 Å². The summed E-state index contributed by atoms with van der Waals surface area (Å²) < 4.78 is 7.02. The molecule has 1 N–H and O–H groups in total. The summed E-state index contributed by atoms with van der Waals surface area (Å²) in [5, 5.41) is 7.76. The largest absolute Gasteiger partial charge is 0.452 e. The molecule has 0 fully saturated rings. The van der Waals surface area contributed by atoms with Crippen molar-refractivity contribution in [1.82, 2.24) is 20.1 Å². The second-order valence-corrected chi connectivity index (χ2v) is 7.12. The first-order valence-corrected chi connectivity index (χ1v) is 9.09. The monoisotopic (exact) mass is 360 g/mol. The van der Waals surface area contributed by atoms with Crippen molar-refractivity contribution in [3.05, 3.63) is 23.5 Å². The minimum atomic E-state index is -0.540. The lowest BCUT2D eigenvalue weighted by atomic mass is 10.1. The number of esters is 1. The van der Waals surface area contributed by atoms with E-state index >= 15 is 0 Å². The summed E-state index contributed by atoms with van der Waals surface area (Å²) in [6, 6.07) is 1.90. The number of carbonyl (C=O) groups excluding carboxylic acids is 2. The van der Waals surface area contributed by atoms with Crippen LogP contribution in [-0.4, -0.2) is 39.3 Å². The molecular weight excluding hydrogens is 332 g/mol. The number of rotatable bonds is 7. The van der Waals surface area contributed by atoms with E-state index in [4.69, 9.17) is 4.74 Å². The molecule has 7 nitrogen and oxygen atoms in total. The van der Waals surface area contributed by atoms with E-state index < -0.39 is 5.97 Å². The Balaban J connectivity index is 2.29. The van der Waals surface area contributed by atoms with Gasteiger partial charge in [-0.2, -0.15) is 5.10 Å².